The molecule has 0 aliphatic heterocycles. The van der Waals surface area contributed by atoms with E-state index in [-0.39, 0.29) is 6.54 Å². The molecule has 1 amide bonds. The lowest BCUT2D eigenvalue weighted by Crippen LogP contribution is -2.65. The molecule has 0 saturated heterocycles. The third kappa shape index (κ3) is 6.77. The third-order valence-corrected chi connectivity index (χ3v) is 4.22. The first-order valence-corrected chi connectivity index (χ1v) is 9.22. The Hall–Kier alpha value is -0.820. The fourth-order valence-electron chi connectivity index (χ4n) is 2.41. The number of phosphoric ester groups is 1. The Bertz CT molecular complexity index is 459. The molecule has 1 aliphatic carbocycles. The van der Waals surface area contributed by atoms with E-state index in [1.54, 1.807) is 0 Å². The number of alkyl carbamates (subject to hydrolysis) is 1. The molecule has 6 atom stereocenters. The maximum absolute atomic E-state index is 11.7. The van der Waals surface area contributed by atoms with Gasteiger partial charge in [-0.2, -0.15) is 0 Å². The van der Waals surface area contributed by atoms with Crippen molar-refractivity contribution in [1.29, 1.82) is 0 Å². The summed E-state index contributed by atoms with van der Waals surface area (Å²) in [5.74, 6) is 0. The fourth-order valence-corrected chi connectivity index (χ4v) is 2.97. The first kappa shape index (κ1) is 22.2. The number of hydrogen-bond acceptors (Lipinski definition) is 9. The van der Waals surface area contributed by atoms with Crippen LogP contribution in [-0.4, -0.2) is 86.0 Å². The van der Waals surface area contributed by atoms with Crippen LogP contribution < -0.4 is 11.1 Å². The Labute approximate surface area is 143 Å². The van der Waals surface area contributed by atoms with Crippen LogP contribution in [0.1, 0.15) is 19.3 Å². The van der Waals surface area contributed by atoms with E-state index < -0.39 is 50.5 Å². The number of unbranched alkanes of at least 4 members (excludes halogenated alkanes) is 2. The largest absolute Gasteiger partial charge is 0.470 e. The van der Waals surface area contributed by atoms with Crippen molar-refractivity contribution in [2.75, 3.05) is 13.1 Å². The number of carbonyl (C=O) groups excluding carboxylic acids is 1. The Kier molecular flexibility index (Phi) is 8.68. The van der Waals surface area contributed by atoms with Crippen LogP contribution in [0, 0.1) is 0 Å². The monoisotopic (exact) mass is 388 g/mol. The number of rotatable bonds is 8. The van der Waals surface area contributed by atoms with E-state index >= 15 is 0 Å². The normalized spacial score (nSPS) is 33.1. The molecule has 0 radical (unpaired) electrons. The number of hydrogen-bond donors (Lipinski definition) is 8. The molecule has 1 aliphatic rings. The molecule has 148 valence electrons. The summed E-state index contributed by atoms with van der Waals surface area (Å²) >= 11 is 0. The van der Waals surface area contributed by atoms with Gasteiger partial charge in [0.1, 0.15) is 30.5 Å². The molecule has 0 bridgehead atoms. The summed E-state index contributed by atoms with van der Waals surface area (Å²) in [6, 6.07) is 0. The van der Waals surface area contributed by atoms with Gasteiger partial charge in [-0.15, -0.1) is 0 Å². The zero-order chi connectivity index (χ0) is 19.2. The fraction of sp³-hybridized carbons (Fsp3) is 0.917. The van der Waals surface area contributed by atoms with Crippen LogP contribution in [0.5, 0.6) is 0 Å². The minimum Gasteiger partial charge on any atom is -0.440 e. The molecule has 0 aromatic rings. The summed E-state index contributed by atoms with van der Waals surface area (Å²) in [5.41, 5.74) is 5.33. The third-order valence-electron chi connectivity index (χ3n) is 3.70. The molecule has 12 nitrogen and oxygen atoms in total. The number of ether oxygens (including phenoxy) is 1. The number of amides is 1. The van der Waals surface area contributed by atoms with Crippen molar-refractivity contribution in [3.8, 4) is 0 Å². The highest BCUT2D eigenvalue weighted by Gasteiger charge is 2.53. The van der Waals surface area contributed by atoms with Crippen LogP contribution >= 0.6 is 7.82 Å². The molecule has 13 heteroatoms. The topological polar surface area (TPSA) is 212 Å². The van der Waals surface area contributed by atoms with Gasteiger partial charge < -0.3 is 46.0 Å². The summed E-state index contributed by atoms with van der Waals surface area (Å²) < 4.78 is 19.8. The predicted molar refractivity (Wildman–Crippen MR) is 82.1 cm³/mol. The number of nitrogens with one attached hydrogen (secondary N) is 1. The van der Waals surface area contributed by atoms with E-state index in [4.69, 9.17) is 20.3 Å². The van der Waals surface area contributed by atoms with Gasteiger partial charge in [-0.3, -0.25) is 4.52 Å². The molecular weight excluding hydrogens is 363 g/mol. The second-order valence-electron chi connectivity index (χ2n) is 5.67. The molecule has 1 saturated carbocycles. The van der Waals surface area contributed by atoms with Gasteiger partial charge in [-0.05, 0) is 19.4 Å². The average Bonchev–Trinajstić information content (AvgIpc) is 2.53. The Balaban J connectivity index is 2.61. The van der Waals surface area contributed by atoms with E-state index in [0.717, 1.165) is 12.8 Å². The van der Waals surface area contributed by atoms with Gasteiger partial charge in [-0.1, -0.05) is 6.42 Å². The lowest BCUT2D eigenvalue weighted by Gasteiger charge is -2.42. The number of aliphatic hydroxyl groups excluding tert-OH is 4. The summed E-state index contributed by atoms with van der Waals surface area (Å²) in [4.78, 5) is 29.2. The Morgan fingerprint density at radius 3 is 1.96 bits per heavy atom. The molecule has 0 spiro atoms. The van der Waals surface area contributed by atoms with Crippen LogP contribution in [-0.2, 0) is 13.8 Å². The van der Waals surface area contributed by atoms with E-state index in [9.17, 15) is 29.8 Å². The van der Waals surface area contributed by atoms with Crippen molar-refractivity contribution in [3.63, 3.8) is 0 Å². The van der Waals surface area contributed by atoms with E-state index in [0.29, 0.717) is 13.0 Å². The summed E-state index contributed by atoms with van der Waals surface area (Å²) in [7, 11) is -5.10. The first-order chi connectivity index (χ1) is 11.6. The lowest BCUT2D eigenvalue weighted by atomic mass is 9.85. The van der Waals surface area contributed by atoms with E-state index in [1.807, 2.05) is 0 Å². The second-order valence-corrected chi connectivity index (χ2v) is 6.86. The van der Waals surface area contributed by atoms with Gasteiger partial charge >= 0.3 is 13.9 Å². The van der Waals surface area contributed by atoms with Crippen molar-refractivity contribution in [3.05, 3.63) is 0 Å². The lowest BCUT2D eigenvalue weighted by molar-refractivity contribution is -0.219. The van der Waals surface area contributed by atoms with Crippen molar-refractivity contribution in [1.82, 2.24) is 5.32 Å². The first-order valence-electron chi connectivity index (χ1n) is 7.69. The predicted octanol–water partition coefficient (Wildman–Crippen LogP) is -2.85. The molecule has 9 N–H and O–H groups in total. The van der Waals surface area contributed by atoms with Crippen LogP contribution in [0.3, 0.4) is 0 Å². The molecule has 0 aromatic heterocycles. The molecular formula is C12H25N2O10P. The zero-order valence-electron chi connectivity index (χ0n) is 13.3. The number of phosphoric acid groups is 1. The summed E-state index contributed by atoms with van der Waals surface area (Å²) in [6.07, 6.45) is -10.4. The van der Waals surface area contributed by atoms with Gasteiger partial charge in [0.2, 0.25) is 0 Å². The van der Waals surface area contributed by atoms with Crippen molar-refractivity contribution >= 4 is 13.9 Å². The molecule has 1 fully saturated rings. The minimum absolute atomic E-state index is 0.257. The highest BCUT2D eigenvalue weighted by atomic mass is 31.2. The number of carbonyl (C=O) groups is 1. The maximum Gasteiger partial charge on any atom is 0.470 e. The summed E-state index contributed by atoms with van der Waals surface area (Å²) in [5, 5.41) is 41.9. The van der Waals surface area contributed by atoms with Gasteiger partial charge in [-0.25, -0.2) is 9.36 Å². The zero-order valence-corrected chi connectivity index (χ0v) is 14.2. The van der Waals surface area contributed by atoms with Crippen LogP contribution in [0.4, 0.5) is 4.79 Å². The van der Waals surface area contributed by atoms with Gasteiger partial charge in [0.15, 0.2) is 6.10 Å². The van der Waals surface area contributed by atoms with Gasteiger partial charge in [0.05, 0.1) is 0 Å². The van der Waals surface area contributed by atoms with Gasteiger partial charge in [0, 0.05) is 6.54 Å². The Morgan fingerprint density at radius 1 is 0.960 bits per heavy atom. The molecule has 0 heterocycles. The van der Waals surface area contributed by atoms with Gasteiger partial charge in [0.25, 0.3) is 0 Å². The average molecular weight is 388 g/mol. The van der Waals surface area contributed by atoms with Crippen LogP contribution in [0.25, 0.3) is 0 Å². The van der Waals surface area contributed by atoms with Crippen LogP contribution in [0.2, 0.25) is 0 Å². The van der Waals surface area contributed by atoms with Crippen LogP contribution in [0.15, 0.2) is 0 Å². The number of nitrogens with two attached hydrogens (primary N) is 1. The SMILES string of the molecule is NCCCCCNC(=O)O[C@H]1[C@H](O)[C@H](O)[C@H](OP(=O)(O)O)[C@@H](O)[C@@H]1O. The smallest absolute Gasteiger partial charge is 0.440 e. The maximum atomic E-state index is 11.7. The highest BCUT2D eigenvalue weighted by molar-refractivity contribution is 7.46. The quantitative estimate of drug-likeness (QED) is 0.156. The molecule has 1 rings (SSSR count). The van der Waals surface area contributed by atoms with Crippen molar-refractivity contribution < 1.29 is 48.8 Å². The Morgan fingerprint density at radius 2 is 1.48 bits per heavy atom. The minimum atomic E-state index is -5.10. The van der Waals surface area contributed by atoms with Crippen molar-refractivity contribution in [2.24, 2.45) is 5.73 Å². The number of aliphatic hydroxyl groups is 4. The van der Waals surface area contributed by atoms with Crippen molar-refractivity contribution in [2.45, 2.75) is 55.9 Å². The summed E-state index contributed by atoms with van der Waals surface area (Å²) in [6.45, 7) is 0.783. The second kappa shape index (κ2) is 9.76. The molecule has 0 unspecified atom stereocenters. The molecule has 25 heavy (non-hydrogen) atoms. The molecule has 0 aromatic carbocycles. The van der Waals surface area contributed by atoms with E-state index in [2.05, 4.69) is 9.84 Å². The van der Waals surface area contributed by atoms with E-state index in [1.165, 1.54) is 0 Å². The highest BCUT2D eigenvalue weighted by Crippen LogP contribution is 2.41. The standard InChI is InChI=1S/C12H25N2O10P/c13-4-2-1-3-5-14-12(19)23-10-6(15)8(17)11(9(18)7(10)16)24-25(20,21)22/h6-11,15-18H,1-5,13H2,(H,14,19)(H2,20,21,22)/t6-,7+,8-,9-,10+,11+/m0/s1.